The van der Waals surface area contributed by atoms with Crippen LogP contribution in [0.2, 0.25) is 0 Å². The second kappa shape index (κ2) is 8.86. The Morgan fingerprint density at radius 1 is 1.25 bits per heavy atom. The van der Waals surface area contributed by atoms with E-state index in [1.165, 1.54) is 0 Å². The van der Waals surface area contributed by atoms with Gasteiger partial charge in [-0.25, -0.2) is 4.98 Å². The topological polar surface area (TPSA) is 92.4 Å². The second-order valence-electron chi connectivity index (χ2n) is 5.74. The standard InChI is InChI=1S/C18H22N2O4/c1-13(10-11-18(22)23)20-16(21)8-5-9-17-19-12-15(24-17)14-6-3-2-4-7-14/h2-4,6-7,12-13H,5,8-11H2,1H3,(H,20,21)(H,22,23). The molecule has 1 unspecified atom stereocenters. The van der Waals surface area contributed by atoms with E-state index in [0.717, 1.165) is 11.3 Å². The zero-order chi connectivity index (χ0) is 17.4. The molecule has 2 aromatic rings. The van der Waals surface area contributed by atoms with Crippen molar-refractivity contribution in [3.8, 4) is 11.3 Å². The number of hydrogen-bond donors (Lipinski definition) is 2. The summed E-state index contributed by atoms with van der Waals surface area (Å²) >= 11 is 0. The van der Waals surface area contributed by atoms with Crippen LogP contribution in [0.15, 0.2) is 40.9 Å². The molecule has 0 bridgehead atoms. The van der Waals surface area contributed by atoms with Crippen LogP contribution < -0.4 is 5.32 Å². The Morgan fingerprint density at radius 3 is 2.71 bits per heavy atom. The normalized spacial score (nSPS) is 11.9. The molecule has 2 rings (SSSR count). The first-order valence-corrected chi connectivity index (χ1v) is 8.06. The molecule has 0 fully saturated rings. The van der Waals surface area contributed by atoms with Crippen molar-refractivity contribution in [1.29, 1.82) is 0 Å². The predicted octanol–water partition coefficient (Wildman–Crippen LogP) is 3.03. The summed E-state index contributed by atoms with van der Waals surface area (Å²) in [4.78, 5) is 26.5. The SMILES string of the molecule is CC(CCC(=O)O)NC(=O)CCCc1ncc(-c2ccccc2)o1. The molecule has 24 heavy (non-hydrogen) atoms. The number of carbonyl (C=O) groups is 2. The zero-order valence-electron chi connectivity index (χ0n) is 13.7. The highest BCUT2D eigenvalue weighted by Crippen LogP contribution is 2.20. The Balaban J connectivity index is 1.71. The number of nitrogens with one attached hydrogen (secondary N) is 1. The highest BCUT2D eigenvalue weighted by atomic mass is 16.4. The Kier molecular flexibility index (Phi) is 6.54. The molecule has 1 aromatic carbocycles. The van der Waals surface area contributed by atoms with Crippen LogP contribution in [0.5, 0.6) is 0 Å². The van der Waals surface area contributed by atoms with Crippen LogP contribution in [-0.4, -0.2) is 28.0 Å². The molecule has 1 heterocycles. The van der Waals surface area contributed by atoms with Gasteiger partial charge in [-0.3, -0.25) is 9.59 Å². The predicted molar refractivity (Wildman–Crippen MR) is 89.4 cm³/mol. The summed E-state index contributed by atoms with van der Waals surface area (Å²) in [6, 6.07) is 9.59. The minimum atomic E-state index is -0.853. The molecule has 0 aliphatic rings. The number of benzene rings is 1. The van der Waals surface area contributed by atoms with Gasteiger partial charge in [-0.05, 0) is 19.8 Å². The van der Waals surface area contributed by atoms with Gasteiger partial charge in [-0.15, -0.1) is 0 Å². The fourth-order valence-electron chi connectivity index (χ4n) is 2.32. The van der Waals surface area contributed by atoms with Gasteiger partial charge in [0.1, 0.15) is 0 Å². The Bertz CT molecular complexity index is 667. The van der Waals surface area contributed by atoms with Gasteiger partial charge < -0.3 is 14.8 Å². The molecule has 6 heteroatoms. The van der Waals surface area contributed by atoms with E-state index in [1.54, 1.807) is 13.1 Å². The summed E-state index contributed by atoms with van der Waals surface area (Å²) in [6.45, 7) is 1.81. The largest absolute Gasteiger partial charge is 0.481 e. The van der Waals surface area contributed by atoms with Crippen molar-refractivity contribution in [2.45, 2.75) is 45.1 Å². The van der Waals surface area contributed by atoms with E-state index >= 15 is 0 Å². The number of aromatic nitrogens is 1. The maximum absolute atomic E-state index is 11.8. The smallest absolute Gasteiger partial charge is 0.303 e. The average molecular weight is 330 g/mol. The number of amides is 1. The lowest BCUT2D eigenvalue weighted by atomic mass is 10.1. The lowest BCUT2D eigenvalue weighted by molar-refractivity contribution is -0.137. The van der Waals surface area contributed by atoms with E-state index in [1.807, 2.05) is 30.3 Å². The molecular formula is C18H22N2O4. The lowest BCUT2D eigenvalue weighted by Gasteiger charge is -2.12. The van der Waals surface area contributed by atoms with Gasteiger partial charge in [0.25, 0.3) is 0 Å². The maximum atomic E-state index is 11.8. The van der Waals surface area contributed by atoms with Gasteiger partial charge in [-0.2, -0.15) is 0 Å². The number of carboxylic acids is 1. The van der Waals surface area contributed by atoms with Gasteiger partial charge in [0, 0.05) is 30.9 Å². The molecule has 0 radical (unpaired) electrons. The van der Waals surface area contributed by atoms with Crippen molar-refractivity contribution in [1.82, 2.24) is 10.3 Å². The highest BCUT2D eigenvalue weighted by molar-refractivity contribution is 5.76. The number of aliphatic carboxylic acids is 1. The van der Waals surface area contributed by atoms with Gasteiger partial charge >= 0.3 is 5.97 Å². The van der Waals surface area contributed by atoms with Crippen LogP contribution in [0.3, 0.4) is 0 Å². The van der Waals surface area contributed by atoms with E-state index in [2.05, 4.69) is 10.3 Å². The molecule has 0 saturated heterocycles. The molecule has 0 aliphatic heterocycles. The maximum Gasteiger partial charge on any atom is 0.303 e. The van der Waals surface area contributed by atoms with E-state index in [4.69, 9.17) is 9.52 Å². The van der Waals surface area contributed by atoms with Crippen molar-refractivity contribution in [3.05, 3.63) is 42.4 Å². The molecule has 6 nitrogen and oxygen atoms in total. The third kappa shape index (κ3) is 5.87. The fraction of sp³-hybridized carbons (Fsp3) is 0.389. The van der Waals surface area contributed by atoms with Crippen molar-refractivity contribution >= 4 is 11.9 Å². The third-order valence-corrected chi connectivity index (χ3v) is 3.60. The van der Waals surface area contributed by atoms with Crippen LogP contribution >= 0.6 is 0 Å². The average Bonchev–Trinajstić information content (AvgIpc) is 3.02. The van der Waals surface area contributed by atoms with Gasteiger partial charge in [0.05, 0.1) is 6.20 Å². The lowest BCUT2D eigenvalue weighted by Crippen LogP contribution is -2.32. The summed E-state index contributed by atoms with van der Waals surface area (Å²) in [7, 11) is 0. The Morgan fingerprint density at radius 2 is 2.00 bits per heavy atom. The van der Waals surface area contributed by atoms with E-state index in [9.17, 15) is 9.59 Å². The summed E-state index contributed by atoms with van der Waals surface area (Å²) in [6.07, 6.45) is 3.76. The summed E-state index contributed by atoms with van der Waals surface area (Å²) in [5.41, 5.74) is 0.973. The molecule has 128 valence electrons. The van der Waals surface area contributed by atoms with E-state index < -0.39 is 5.97 Å². The number of carboxylic acid groups (broad SMARTS) is 1. The minimum Gasteiger partial charge on any atom is -0.481 e. The molecule has 0 spiro atoms. The van der Waals surface area contributed by atoms with Crippen LogP contribution in [-0.2, 0) is 16.0 Å². The second-order valence-corrected chi connectivity index (χ2v) is 5.74. The van der Waals surface area contributed by atoms with Crippen molar-refractivity contribution in [2.24, 2.45) is 0 Å². The molecule has 0 saturated carbocycles. The van der Waals surface area contributed by atoms with Crippen LogP contribution in [0.1, 0.15) is 38.5 Å². The molecule has 2 N–H and O–H groups in total. The van der Waals surface area contributed by atoms with Crippen molar-refractivity contribution in [2.75, 3.05) is 0 Å². The van der Waals surface area contributed by atoms with E-state index in [-0.39, 0.29) is 18.4 Å². The molecule has 1 atom stereocenters. The molecule has 1 amide bonds. The van der Waals surface area contributed by atoms with Gasteiger partial charge in [0.15, 0.2) is 11.7 Å². The van der Waals surface area contributed by atoms with Crippen LogP contribution in [0.4, 0.5) is 0 Å². The number of nitrogens with zero attached hydrogens (tertiary/aromatic N) is 1. The first-order valence-electron chi connectivity index (χ1n) is 8.06. The van der Waals surface area contributed by atoms with E-state index in [0.29, 0.717) is 31.6 Å². The summed E-state index contributed by atoms with van der Waals surface area (Å²) in [5, 5.41) is 11.4. The zero-order valence-corrected chi connectivity index (χ0v) is 13.7. The van der Waals surface area contributed by atoms with Crippen molar-refractivity contribution in [3.63, 3.8) is 0 Å². The first-order chi connectivity index (χ1) is 11.5. The van der Waals surface area contributed by atoms with Crippen LogP contribution in [0, 0.1) is 0 Å². The monoisotopic (exact) mass is 330 g/mol. The third-order valence-electron chi connectivity index (χ3n) is 3.60. The Labute approximate surface area is 140 Å². The number of rotatable bonds is 9. The molecule has 0 aliphatic carbocycles. The van der Waals surface area contributed by atoms with Crippen molar-refractivity contribution < 1.29 is 19.1 Å². The Hall–Kier alpha value is -2.63. The van der Waals surface area contributed by atoms with Gasteiger partial charge in [-0.1, -0.05) is 30.3 Å². The first kappa shape index (κ1) is 17.7. The molecular weight excluding hydrogens is 308 g/mol. The number of oxazole rings is 1. The number of hydrogen-bond acceptors (Lipinski definition) is 4. The summed E-state index contributed by atoms with van der Waals surface area (Å²) in [5.74, 6) is 0.398. The quantitative estimate of drug-likeness (QED) is 0.737. The molecule has 1 aromatic heterocycles. The fourth-order valence-corrected chi connectivity index (χ4v) is 2.32. The van der Waals surface area contributed by atoms with Gasteiger partial charge in [0.2, 0.25) is 5.91 Å². The summed E-state index contributed by atoms with van der Waals surface area (Å²) < 4.78 is 5.69. The minimum absolute atomic E-state index is 0.0556. The number of aryl methyl sites for hydroxylation is 1. The van der Waals surface area contributed by atoms with Crippen LogP contribution in [0.25, 0.3) is 11.3 Å². The highest BCUT2D eigenvalue weighted by Gasteiger charge is 2.10. The number of carbonyl (C=O) groups excluding carboxylic acids is 1.